The van der Waals surface area contributed by atoms with Gasteiger partial charge in [-0.05, 0) is 12.5 Å². The van der Waals surface area contributed by atoms with Crippen LogP contribution in [0.2, 0.25) is 0 Å². The number of hydrogen-bond acceptors (Lipinski definition) is 6. The average molecular weight is 271 g/mol. The number of benzene rings is 1. The molecule has 1 rings (SSSR count). The van der Waals surface area contributed by atoms with Gasteiger partial charge in [-0.1, -0.05) is 23.9 Å². The Morgan fingerprint density at radius 1 is 1.44 bits per heavy atom. The zero-order valence-electron chi connectivity index (χ0n) is 10.0. The molecule has 0 spiro atoms. The van der Waals surface area contributed by atoms with E-state index in [2.05, 4.69) is 0 Å². The van der Waals surface area contributed by atoms with Gasteiger partial charge in [-0.15, -0.1) is 0 Å². The Kier molecular flexibility index (Phi) is 5.46. The lowest BCUT2D eigenvalue weighted by molar-refractivity contribution is -0.109. The highest BCUT2D eigenvalue weighted by Gasteiger charge is 2.22. The molecule has 0 aliphatic carbocycles. The predicted octanol–water partition coefficient (Wildman–Crippen LogP) is 1.04. The molecule has 0 fully saturated rings. The van der Waals surface area contributed by atoms with Gasteiger partial charge in [0.25, 0.3) is 0 Å². The first kappa shape index (κ1) is 14.8. The molecule has 5 N–H and O–H groups in total. The maximum atomic E-state index is 10.7. The molecule has 0 aromatic heterocycles. The molecular weight excluding hydrogens is 254 g/mol. The van der Waals surface area contributed by atoms with Crippen LogP contribution in [0, 0.1) is 0 Å². The zero-order valence-corrected chi connectivity index (χ0v) is 10.9. The minimum Gasteiger partial charge on any atom is -0.505 e. The highest BCUT2D eigenvalue weighted by Crippen LogP contribution is 2.32. The summed E-state index contributed by atoms with van der Waals surface area (Å²) in [6, 6.07) is 4.59. The molecular formula is C12H17NO4S. The second-order valence-corrected chi connectivity index (χ2v) is 5.20. The molecule has 2 unspecified atom stereocenters. The smallest absolute Gasteiger partial charge is 0.185 e. The van der Waals surface area contributed by atoms with Gasteiger partial charge in [0.05, 0.1) is 11.8 Å². The first-order valence-electron chi connectivity index (χ1n) is 5.50. The normalized spacial score (nSPS) is 14.2. The van der Waals surface area contributed by atoms with Gasteiger partial charge < -0.3 is 21.1 Å². The van der Waals surface area contributed by atoms with Gasteiger partial charge in [-0.25, -0.2) is 0 Å². The molecule has 0 aliphatic heterocycles. The van der Waals surface area contributed by atoms with Gasteiger partial charge in [-0.3, -0.25) is 4.79 Å². The number of carbonyl (C=O) groups excluding carboxylic acids is 1. The number of aromatic hydroxyl groups is 1. The van der Waals surface area contributed by atoms with E-state index in [0.717, 1.165) is 11.8 Å². The van der Waals surface area contributed by atoms with Crippen LogP contribution in [-0.4, -0.2) is 32.3 Å². The molecule has 0 bridgehead atoms. The van der Waals surface area contributed by atoms with E-state index in [9.17, 15) is 20.1 Å². The number of aliphatic hydroxyl groups is 2. The summed E-state index contributed by atoms with van der Waals surface area (Å²) < 4.78 is 0. The van der Waals surface area contributed by atoms with Crippen molar-refractivity contribution in [2.24, 2.45) is 0 Å². The van der Waals surface area contributed by atoms with Crippen LogP contribution in [0.5, 0.6) is 5.75 Å². The molecule has 100 valence electrons. The third-order valence-corrected chi connectivity index (χ3v) is 3.35. The number of rotatable bonds is 5. The third-order valence-electron chi connectivity index (χ3n) is 2.50. The first-order valence-corrected chi connectivity index (χ1v) is 6.49. The van der Waals surface area contributed by atoms with E-state index >= 15 is 0 Å². The number of anilines is 1. The van der Waals surface area contributed by atoms with Crippen molar-refractivity contribution in [3.05, 3.63) is 23.8 Å². The van der Waals surface area contributed by atoms with Gasteiger partial charge in [-0.2, -0.15) is 0 Å². The number of aliphatic hydroxyl groups excluding tert-OH is 2. The van der Waals surface area contributed by atoms with Crippen molar-refractivity contribution in [2.45, 2.75) is 25.6 Å². The van der Waals surface area contributed by atoms with Gasteiger partial charge in [0.2, 0.25) is 0 Å². The third kappa shape index (κ3) is 3.90. The fraction of sp³-hybridized carbons (Fsp3) is 0.417. The van der Waals surface area contributed by atoms with Crippen LogP contribution in [0.3, 0.4) is 0 Å². The number of hydrogen-bond donors (Lipinski definition) is 4. The Hall–Kier alpha value is -1.24. The molecule has 5 nitrogen and oxygen atoms in total. The number of phenolic OH excluding ortho intramolecular Hbond substituents is 1. The van der Waals surface area contributed by atoms with E-state index in [-0.39, 0.29) is 28.5 Å². The second kappa shape index (κ2) is 6.63. The summed E-state index contributed by atoms with van der Waals surface area (Å²) in [5.41, 5.74) is 5.85. The number of carbonyl (C=O) groups is 1. The van der Waals surface area contributed by atoms with Crippen LogP contribution in [0.4, 0.5) is 5.69 Å². The predicted molar refractivity (Wildman–Crippen MR) is 71.2 cm³/mol. The van der Waals surface area contributed by atoms with Crippen LogP contribution in [0.1, 0.15) is 25.0 Å². The summed E-state index contributed by atoms with van der Waals surface area (Å²) in [5.74, 6) is 0.194. The number of thioether (sulfide) groups is 1. The summed E-state index contributed by atoms with van der Waals surface area (Å²) in [4.78, 5) is 10.7. The average Bonchev–Trinajstić information content (AvgIpc) is 2.31. The van der Waals surface area contributed by atoms with Crippen LogP contribution in [-0.2, 0) is 4.79 Å². The van der Waals surface area contributed by atoms with Crippen molar-refractivity contribution in [3.8, 4) is 5.75 Å². The van der Waals surface area contributed by atoms with E-state index in [0.29, 0.717) is 5.75 Å². The topological polar surface area (TPSA) is 104 Å². The van der Waals surface area contributed by atoms with Gasteiger partial charge in [0, 0.05) is 18.2 Å². The lowest BCUT2D eigenvalue weighted by Gasteiger charge is -2.19. The van der Waals surface area contributed by atoms with E-state index in [4.69, 9.17) is 5.73 Å². The number of para-hydroxylation sites is 1. The fourth-order valence-corrected chi connectivity index (χ4v) is 2.15. The van der Waals surface area contributed by atoms with Crippen molar-refractivity contribution < 1.29 is 20.1 Å². The molecule has 0 saturated heterocycles. The van der Waals surface area contributed by atoms with Crippen LogP contribution in [0.25, 0.3) is 0 Å². The Morgan fingerprint density at radius 3 is 2.72 bits per heavy atom. The maximum absolute atomic E-state index is 10.7. The Bertz CT molecular complexity index is 425. The van der Waals surface area contributed by atoms with Crippen molar-refractivity contribution in [2.75, 3.05) is 11.5 Å². The van der Waals surface area contributed by atoms with Gasteiger partial charge in [0.1, 0.15) is 11.9 Å². The molecule has 0 amide bonds. The summed E-state index contributed by atoms with van der Waals surface area (Å²) in [5, 5.41) is 29.3. The number of nitrogen functional groups attached to an aromatic ring is 1. The van der Waals surface area contributed by atoms with E-state index in [1.807, 2.05) is 0 Å². The van der Waals surface area contributed by atoms with Crippen molar-refractivity contribution in [1.29, 1.82) is 0 Å². The van der Waals surface area contributed by atoms with E-state index < -0.39 is 12.2 Å². The molecule has 1 aromatic rings. The molecule has 2 atom stereocenters. The Balaban J connectivity index is 2.65. The summed E-state index contributed by atoms with van der Waals surface area (Å²) in [7, 11) is 0. The SMILES string of the molecule is CC(=O)SCCC(O)C(O)c1cccc(N)c1O. The summed E-state index contributed by atoms with van der Waals surface area (Å²) in [6.07, 6.45) is -2.02. The van der Waals surface area contributed by atoms with Crippen molar-refractivity contribution in [1.82, 2.24) is 0 Å². The minimum absolute atomic E-state index is 0.0384. The molecule has 0 heterocycles. The van der Waals surface area contributed by atoms with Gasteiger partial charge in [0.15, 0.2) is 5.12 Å². The molecule has 18 heavy (non-hydrogen) atoms. The van der Waals surface area contributed by atoms with Crippen molar-refractivity contribution >= 4 is 22.6 Å². The maximum Gasteiger partial charge on any atom is 0.185 e. The zero-order chi connectivity index (χ0) is 13.7. The first-order chi connectivity index (χ1) is 8.43. The number of nitrogens with two attached hydrogens (primary N) is 1. The fourth-order valence-electron chi connectivity index (χ4n) is 1.51. The highest BCUT2D eigenvalue weighted by atomic mass is 32.2. The highest BCUT2D eigenvalue weighted by molar-refractivity contribution is 8.13. The quantitative estimate of drug-likeness (QED) is 0.471. The van der Waals surface area contributed by atoms with E-state index in [1.165, 1.54) is 19.1 Å². The molecule has 6 heteroatoms. The molecule has 0 saturated carbocycles. The lowest BCUT2D eigenvalue weighted by atomic mass is 10.0. The molecule has 1 aromatic carbocycles. The van der Waals surface area contributed by atoms with Crippen LogP contribution < -0.4 is 5.73 Å². The number of phenols is 1. The Labute approximate surface area is 110 Å². The lowest BCUT2D eigenvalue weighted by Crippen LogP contribution is -2.19. The standard InChI is InChI=1S/C12H17NO4S/c1-7(14)18-6-5-10(15)12(17)8-3-2-4-9(13)11(8)16/h2-4,10,12,15-17H,5-6,13H2,1H3. The largest absolute Gasteiger partial charge is 0.505 e. The molecule has 0 aliphatic rings. The summed E-state index contributed by atoms with van der Waals surface area (Å²) >= 11 is 1.08. The van der Waals surface area contributed by atoms with Crippen LogP contribution in [0.15, 0.2) is 18.2 Å². The van der Waals surface area contributed by atoms with Gasteiger partial charge >= 0.3 is 0 Å². The van der Waals surface area contributed by atoms with E-state index in [1.54, 1.807) is 6.07 Å². The van der Waals surface area contributed by atoms with Crippen molar-refractivity contribution in [3.63, 3.8) is 0 Å². The summed E-state index contributed by atoms with van der Waals surface area (Å²) in [6.45, 7) is 1.44. The Morgan fingerprint density at radius 2 is 2.11 bits per heavy atom. The van der Waals surface area contributed by atoms with Crippen LogP contribution >= 0.6 is 11.8 Å². The monoisotopic (exact) mass is 271 g/mol. The molecule has 0 radical (unpaired) electrons. The second-order valence-electron chi connectivity index (χ2n) is 3.93. The minimum atomic E-state index is -1.22.